The Morgan fingerprint density at radius 3 is 2.06 bits per heavy atom. The molecule has 1 nitrogen and oxygen atoms in total. The van der Waals surface area contributed by atoms with Gasteiger partial charge in [0.05, 0.1) is 6.61 Å². The topological polar surface area (TPSA) is 9.23 Å². The van der Waals surface area contributed by atoms with Gasteiger partial charge in [0.1, 0.15) is 6.17 Å². The van der Waals surface area contributed by atoms with Gasteiger partial charge in [-0.1, -0.05) is 74.9 Å². The third kappa shape index (κ3) is 5.90. The van der Waals surface area contributed by atoms with Crippen molar-refractivity contribution in [1.82, 2.24) is 0 Å². The van der Waals surface area contributed by atoms with E-state index in [4.69, 9.17) is 4.74 Å². The molecule has 0 aliphatic rings. The largest absolute Gasteiger partial charge is 0.490 e. The van der Waals surface area contributed by atoms with Crippen LogP contribution in [0.15, 0.2) is 60.7 Å². The Kier molecular flexibility index (Phi) is 8.16. The highest BCUT2D eigenvalue weighted by atomic mass is 19.2. The van der Waals surface area contributed by atoms with Crippen LogP contribution < -0.4 is 4.74 Å². The number of alkyl halides is 1. The van der Waals surface area contributed by atoms with Crippen LogP contribution in [0.2, 0.25) is 0 Å². The van der Waals surface area contributed by atoms with Crippen LogP contribution in [0, 0.1) is 11.6 Å². The molecule has 0 amide bonds. The van der Waals surface area contributed by atoms with Crippen molar-refractivity contribution in [2.45, 2.75) is 52.1 Å². The fourth-order valence-corrected chi connectivity index (χ4v) is 3.52. The summed E-state index contributed by atoms with van der Waals surface area (Å²) in [6.45, 7) is 3.89. The summed E-state index contributed by atoms with van der Waals surface area (Å²) in [7, 11) is 0. The molecule has 0 fully saturated rings. The molecule has 0 saturated heterocycles. The number of rotatable bonds is 10. The van der Waals surface area contributed by atoms with Crippen molar-refractivity contribution in [1.29, 1.82) is 0 Å². The first kappa shape index (κ1) is 22.9. The van der Waals surface area contributed by atoms with Gasteiger partial charge in [-0.2, -0.15) is 4.39 Å². The van der Waals surface area contributed by atoms with Gasteiger partial charge in [0, 0.05) is 6.42 Å². The predicted molar refractivity (Wildman–Crippen MR) is 120 cm³/mol. The Hall–Kier alpha value is -2.75. The highest BCUT2D eigenvalue weighted by Crippen LogP contribution is 2.27. The van der Waals surface area contributed by atoms with Gasteiger partial charge in [-0.25, -0.2) is 8.78 Å². The summed E-state index contributed by atoms with van der Waals surface area (Å²) in [5, 5.41) is 0. The Labute approximate surface area is 182 Å². The van der Waals surface area contributed by atoms with Gasteiger partial charge in [0.2, 0.25) is 5.82 Å². The fourth-order valence-electron chi connectivity index (χ4n) is 3.52. The number of benzene rings is 3. The molecule has 3 aromatic rings. The summed E-state index contributed by atoms with van der Waals surface area (Å²) < 4.78 is 47.7. The Morgan fingerprint density at radius 1 is 0.806 bits per heavy atom. The first-order chi connectivity index (χ1) is 15.0. The van der Waals surface area contributed by atoms with E-state index in [0.717, 1.165) is 17.5 Å². The van der Waals surface area contributed by atoms with Gasteiger partial charge in [0.15, 0.2) is 11.6 Å². The smallest absolute Gasteiger partial charge is 0.200 e. The van der Waals surface area contributed by atoms with Crippen LogP contribution in [-0.4, -0.2) is 6.61 Å². The Bertz CT molecular complexity index is 965. The van der Waals surface area contributed by atoms with Gasteiger partial charge in [-0.3, -0.25) is 0 Å². The summed E-state index contributed by atoms with van der Waals surface area (Å²) >= 11 is 0. The first-order valence-electron chi connectivity index (χ1n) is 11.0. The van der Waals surface area contributed by atoms with Gasteiger partial charge < -0.3 is 4.74 Å². The van der Waals surface area contributed by atoms with Crippen molar-refractivity contribution in [2.24, 2.45) is 0 Å². The number of hydrogen-bond donors (Lipinski definition) is 0. The van der Waals surface area contributed by atoms with Crippen LogP contribution in [0.1, 0.15) is 56.0 Å². The highest BCUT2D eigenvalue weighted by Gasteiger charge is 2.15. The molecule has 0 aromatic heterocycles. The van der Waals surface area contributed by atoms with Crippen molar-refractivity contribution in [3.8, 4) is 16.9 Å². The summed E-state index contributed by atoms with van der Waals surface area (Å²) in [4.78, 5) is 0. The Morgan fingerprint density at radius 2 is 1.45 bits per heavy atom. The van der Waals surface area contributed by atoms with Crippen LogP contribution in [-0.2, 0) is 12.8 Å². The lowest BCUT2D eigenvalue weighted by atomic mass is 9.99. The van der Waals surface area contributed by atoms with Crippen LogP contribution in [0.5, 0.6) is 5.75 Å². The van der Waals surface area contributed by atoms with Crippen LogP contribution >= 0.6 is 0 Å². The van der Waals surface area contributed by atoms with E-state index in [9.17, 15) is 13.2 Å². The van der Waals surface area contributed by atoms with E-state index in [1.807, 2.05) is 12.1 Å². The molecule has 3 aromatic carbocycles. The van der Waals surface area contributed by atoms with Crippen LogP contribution in [0.4, 0.5) is 13.2 Å². The van der Waals surface area contributed by atoms with E-state index in [0.29, 0.717) is 17.5 Å². The zero-order chi connectivity index (χ0) is 22.2. The van der Waals surface area contributed by atoms with E-state index in [1.54, 1.807) is 19.1 Å². The van der Waals surface area contributed by atoms with Crippen molar-refractivity contribution in [3.63, 3.8) is 0 Å². The third-order valence-corrected chi connectivity index (χ3v) is 5.52. The molecule has 4 heteroatoms. The predicted octanol–water partition coefficient (Wildman–Crippen LogP) is 8.02. The minimum atomic E-state index is -1.24. The molecular formula is C27H29F3O. The quantitative estimate of drug-likeness (QED) is 0.319. The zero-order valence-corrected chi connectivity index (χ0v) is 18.1. The van der Waals surface area contributed by atoms with Gasteiger partial charge in [-0.05, 0) is 53.1 Å². The molecule has 164 valence electrons. The zero-order valence-electron chi connectivity index (χ0n) is 18.1. The maximum absolute atomic E-state index is 14.6. The molecule has 1 atom stereocenters. The monoisotopic (exact) mass is 426 g/mol. The standard InChI is InChI=1S/C27H29F3O/c1-3-5-6-19-7-9-21(10-8-19)22-11-13-23(14-12-22)24(28)17-18-31-25-16-15-20(4-2)26(29)27(25)30/h7-16,24H,3-6,17-18H2,1-2H3. The van der Waals surface area contributed by atoms with E-state index in [1.165, 1.54) is 30.5 Å². The van der Waals surface area contributed by atoms with Gasteiger partial charge in [-0.15, -0.1) is 0 Å². The molecule has 0 saturated carbocycles. The average molecular weight is 427 g/mol. The normalized spacial score (nSPS) is 12.0. The second kappa shape index (κ2) is 11.0. The van der Waals surface area contributed by atoms with Crippen molar-refractivity contribution < 1.29 is 17.9 Å². The molecule has 0 radical (unpaired) electrons. The van der Waals surface area contributed by atoms with Gasteiger partial charge in [0.25, 0.3) is 0 Å². The molecule has 3 rings (SSSR count). The summed E-state index contributed by atoms with van der Waals surface area (Å²) in [6, 6.07) is 18.7. The number of unbranched alkanes of at least 4 members (excludes halogenated alkanes) is 1. The molecule has 0 heterocycles. The number of aryl methyl sites for hydroxylation is 2. The number of ether oxygens (including phenoxy) is 1. The molecular weight excluding hydrogens is 397 g/mol. The molecule has 0 aliphatic carbocycles. The third-order valence-electron chi connectivity index (χ3n) is 5.52. The molecule has 0 aliphatic heterocycles. The van der Waals surface area contributed by atoms with E-state index < -0.39 is 17.8 Å². The van der Waals surface area contributed by atoms with E-state index in [2.05, 4.69) is 31.2 Å². The maximum atomic E-state index is 14.6. The number of halogens is 3. The molecule has 31 heavy (non-hydrogen) atoms. The minimum absolute atomic E-state index is 0.0377. The lowest BCUT2D eigenvalue weighted by Crippen LogP contribution is -2.05. The van der Waals surface area contributed by atoms with Gasteiger partial charge >= 0.3 is 0 Å². The molecule has 1 unspecified atom stereocenters. The van der Waals surface area contributed by atoms with Crippen LogP contribution in [0.25, 0.3) is 11.1 Å². The second-order valence-electron chi connectivity index (χ2n) is 7.73. The summed E-state index contributed by atoms with van der Waals surface area (Å²) in [5.41, 5.74) is 4.29. The molecule has 0 spiro atoms. The van der Waals surface area contributed by atoms with Crippen molar-refractivity contribution in [3.05, 3.63) is 89.0 Å². The van der Waals surface area contributed by atoms with Crippen molar-refractivity contribution in [2.75, 3.05) is 6.61 Å². The van der Waals surface area contributed by atoms with Crippen LogP contribution in [0.3, 0.4) is 0 Å². The van der Waals surface area contributed by atoms with E-state index in [-0.39, 0.29) is 18.8 Å². The van der Waals surface area contributed by atoms with Crippen molar-refractivity contribution >= 4 is 0 Å². The lowest BCUT2D eigenvalue weighted by Gasteiger charge is -2.12. The minimum Gasteiger partial charge on any atom is -0.490 e. The second-order valence-corrected chi connectivity index (χ2v) is 7.73. The summed E-state index contributed by atoms with van der Waals surface area (Å²) in [5.74, 6) is -2.09. The average Bonchev–Trinajstić information content (AvgIpc) is 2.81. The summed E-state index contributed by atoms with van der Waals surface area (Å²) in [6.07, 6.45) is 2.65. The SMILES string of the molecule is CCCCc1ccc(-c2ccc(C(F)CCOc3ccc(CC)c(F)c3F)cc2)cc1. The first-order valence-corrected chi connectivity index (χ1v) is 11.0. The highest BCUT2D eigenvalue weighted by molar-refractivity contribution is 5.64. The molecule has 0 N–H and O–H groups in total. The molecule has 0 bridgehead atoms. The maximum Gasteiger partial charge on any atom is 0.200 e. The van der Waals surface area contributed by atoms with E-state index >= 15 is 0 Å². The number of hydrogen-bond acceptors (Lipinski definition) is 1. The lowest BCUT2D eigenvalue weighted by molar-refractivity contribution is 0.229. The Balaban J connectivity index is 1.56. The fraction of sp³-hybridized carbons (Fsp3) is 0.333.